The molecule has 0 spiro atoms. The second kappa shape index (κ2) is 6.74. The molecule has 2 rings (SSSR count). The third kappa shape index (κ3) is 3.84. The summed E-state index contributed by atoms with van der Waals surface area (Å²) in [5, 5.41) is 0. The van der Waals surface area contributed by atoms with Gasteiger partial charge < -0.3 is 0 Å². The van der Waals surface area contributed by atoms with Crippen LogP contribution in [0.15, 0.2) is 29.2 Å². The van der Waals surface area contributed by atoms with Gasteiger partial charge in [-0.2, -0.15) is 11.8 Å². The lowest BCUT2D eigenvalue weighted by Gasteiger charge is -2.22. The monoisotopic (exact) mass is 313 g/mol. The SMILES string of the molecule is CCC(=O)c1cccc(S(=O)(=O)NC2CCSCC2)c1. The summed E-state index contributed by atoms with van der Waals surface area (Å²) < 4.78 is 27.4. The van der Waals surface area contributed by atoms with Crippen LogP contribution >= 0.6 is 11.8 Å². The number of carbonyl (C=O) groups is 1. The van der Waals surface area contributed by atoms with E-state index in [-0.39, 0.29) is 16.7 Å². The number of nitrogens with one attached hydrogen (secondary N) is 1. The van der Waals surface area contributed by atoms with Gasteiger partial charge in [-0.15, -0.1) is 0 Å². The predicted molar refractivity (Wildman–Crippen MR) is 81.7 cm³/mol. The molecule has 1 aromatic carbocycles. The van der Waals surface area contributed by atoms with Gasteiger partial charge in [0.25, 0.3) is 0 Å². The van der Waals surface area contributed by atoms with Crippen LogP contribution in [0, 0.1) is 0 Å². The summed E-state index contributed by atoms with van der Waals surface area (Å²) in [6, 6.07) is 6.28. The topological polar surface area (TPSA) is 63.2 Å². The van der Waals surface area contributed by atoms with Crippen LogP contribution in [0.4, 0.5) is 0 Å². The van der Waals surface area contributed by atoms with Gasteiger partial charge in [0.2, 0.25) is 10.0 Å². The third-order valence-electron chi connectivity index (χ3n) is 3.33. The molecule has 1 heterocycles. The zero-order valence-electron chi connectivity index (χ0n) is 11.5. The molecule has 0 aromatic heterocycles. The average Bonchev–Trinajstić information content (AvgIpc) is 2.47. The van der Waals surface area contributed by atoms with E-state index < -0.39 is 10.0 Å². The number of hydrogen-bond acceptors (Lipinski definition) is 4. The minimum atomic E-state index is -3.54. The molecule has 0 amide bonds. The highest BCUT2D eigenvalue weighted by Gasteiger charge is 2.22. The van der Waals surface area contributed by atoms with Crippen molar-refractivity contribution in [3.63, 3.8) is 0 Å². The molecule has 1 aliphatic rings. The van der Waals surface area contributed by atoms with E-state index in [9.17, 15) is 13.2 Å². The Morgan fingerprint density at radius 1 is 1.35 bits per heavy atom. The van der Waals surface area contributed by atoms with E-state index in [1.54, 1.807) is 19.1 Å². The Morgan fingerprint density at radius 2 is 2.05 bits per heavy atom. The van der Waals surface area contributed by atoms with Crippen LogP contribution < -0.4 is 4.72 Å². The fraction of sp³-hybridized carbons (Fsp3) is 0.500. The fourth-order valence-electron chi connectivity index (χ4n) is 2.14. The van der Waals surface area contributed by atoms with Crippen molar-refractivity contribution in [3.8, 4) is 0 Å². The first-order valence-corrected chi connectivity index (χ1v) is 9.40. The first kappa shape index (κ1) is 15.5. The molecule has 1 aromatic rings. The Balaban J connectivity index is 2.18. The summed E-state index contributed by atoms with van der Waals surface area (Å²) in [7, 11) is -3.54. The highest BCUT2D eigenvalue weighted by molar-refractivity contribution is 7.99. The zero-order valence-corrected chi connectivity index (χ0v) is 13.1. The minimum Gasteiger partial charge on any atom is -0.294 e. The molecule has 0 bridgehead atoms. The van der Waals surface area contributed by atoms with Gasteiger partial charge in [-0.3, -0.25) is 4.79 Å². The number of thioether (sulfide) groups is 1. The Hall–Kier alpha value is -0.850. The van der Waals surface area contributed by atoms with E-state index in [1.165, 1.54) is 12.1 Å². The van der Waals surface area contributed by atoms with Crippen molar-refractivity contribution < 1.29 is 13.2 Å². The molecule has 1 saturated heterocycles. The highest BCUT2D eigenvalue weighted by atomic mass is 32.2. The molecule has 0 unspecified atom stereocenters. The van der Waals surface area contributed by atoms with Crippen molar-refractivity contribution in [1.82, 2.24) is 4.72 Å². The van der Waals surface area contributed by atoms with Crippen molar-refractivity contribution in [2.24, 2.45) is 0 Å². The van der Waals surface area contributed by atoms with Gasteiger partial charge in [-0.05, 0) is 36.5 Å². The summed E-state index contributed by atoms with van der Waals surface area (Å²) in [5.74, 6) is 1.93. The van der Waals surface area contributed by atoms with Crippen LogP contribution in [0.1, 0.15) is 36.5 Å². The molecular formula is C14H19NO3S2. The summed E-state index contributed by atoms with van der Waals surface area (Å²) in [4.78, 5) is 11.8. The van der Waals surface area contributed by atoms with Crippen LogP contribution in [0.3, 0.4) is 0 Å². The molecule has 110 valence electrons. The predicted octanol–water partition coefficient (Wildman–Crippen LogP) is 2.45. The van der Waals surface area contributed by atoms with Crippen LogP contribution in [0.25, 0.3) is 0 Å². The van der Waals surface area contributed by atoms with Crippen LogP contribution in [-0.4, -0.2) is 31.7 Å². The Bertz CT molecular complexity index is 578. The van der Waals surface area contributed by atoms with Crippen molar-refractivity contribution in [2.45, 2.75) is 37.1 Å². The fourth-order valence-corrected chi connectivity index (χ4v) is 4.60. The van der Waals surface area contributed by atoms with Crippen molar-refractivity contribution in [3.05, 3.63) is 29.8 Å². The van der Waals surface area contributed by atoms with Gasteiger partial charge in [0.1, 0.15) is 0 Å². The zero-order chi connectivity index (χ0) is 14.6. The number of Topliss-reactive ketones (excluding diaryl/α,β-unsaturated/α-hetero) is 1. The lowest BCUT2D eigenvalue weighted by atomic mass is 10.1. The molecule has 1 aliphatic heterocycles. The molecule has 20 heavy (non-hydrogen) atoms. The second-order valence-corrected chi connectivity index (χ2v) is 7.75. The molecule has 1 N–H and O–H groups in total. The Kier molecular flexibility index (Phi) is 5.23. The Labute approximate surface area is 124 Å². The molecule has 1 fully saturated rings. The lowest BCUT2D eigenvalue weighted by Crippen LogP contribution is -2.37. The van der Waals surface area contributed by atoms with Crippen molar-refractivity contribution >= 4 is 27.6 Å². The summed E-state index contributed by atoms with van der Waals surface area (Å²) in [5.41, 5.74) is 0.453. The van der Waals surface area contributed by atoms with Gasteiger partial charge >= 0.3 is 0 Å². The molecule has 0 saturated carbocycles. The van der Waals surface area contributed by atoms with Crippen LogP contribution in [-0.2, 0) is 10.0 Å². The lowest BCUT2D eigenvalue weighted by molar-refractivity contribution is 0.0988. The van der Waals surface area contributed by atoms with Crippen LogP contribution in [0.2, 0.25) is 0 Å². The quantitative estimate of drug-likeness (QED) is 0.848. The third-order valence-corrected chi connectivity index (χ3v) is 5.90. The second-order valence-electron chi connectivity index (χ2n) is 4.81. The average molecular weight is 313 g/mol. The molecule has 0 radical (unpaired) electrons. The smallest absolute Gasteiger partial charge is 0.240 e. The summed E-state index contributed by atoms with van der Waals surface area (Å²) >= 11 is 1.85. The molecule has 6 heteroatoms. The summed E-state index contributed by atoms with van der Waals surface area (Å²) in [6.45, 7) is 1.77. The normalized spacial score (nSPS) is 17.1. The maximum Gasteiger partial charge on any atom is 0.240 e. The van der Waals surface area contributed by atoms with E-state index in [0.717, 1.165) is 24.3 Å². The molecule has 0 aliphatic carbocycles. The first-order valence-electron chi connectivity index (χ1n) is 6.76. The van der Waals surface area contributed by atoms with Gasteiger partial charge in [-0.1, -0.05) is 19.1 Å². The maximum atomic E-state index is 12.3. The number of carbonyl (C=O) groups excluding carboxylic acids is 1. The van der Waals surface area contributed by atoms with Gasteiger partial charge in [0.15, 0.2) is 5.78 Å². The number of hydrogen-bond donors (Lipinski definition) is 1. The van der Waals surface area contributed by atoms with Crippen LogP contribution in [0.5, 0.6) is 0 Å². The minimum absolute atomic E-state index is 0.00628. The first-order chi connectivity index (χ1) is 9.53. The van der Waals surface area contributed by atoms with Gasteiger partial charge in [-0.25, -0.2) is 13.1 Å². The van der Waals surface area contributed by atoms with Gasteiger partial charge in [0, 0.05) is 18.0 Å². The standard InChI is InChI=1S/C14H19NO3S2/c1-2-14(16)11-4-3-5-13(10-11)20(17,18)15-12-6-8-19-9-7-12/h3-5,10,12,15H,2,6-9H2,1H3. The highest BCUT2D eigenvalue weighted by Crippen LogP contribution is 2.20. The van der Waals surface area contributed by atoms with Crippen molar-refractivity contribution in [2.75, 3.05) is 11.5 Å². The number of ketones is 1. The molecule has 4 nitrogen and oxygen atoms in total. The number of benzene rings is 1. The Morgan fingerprint density at radius 3 is 2.70 bits per heavy atom. The number of sulfonamides is 1. The van der Waals surface area contributed by atoms with E-state index in [0.29, 0.717) is 12.0 Å². The van der Waals surface area contributed by atoms with E-state index in [4.69, 9.17) is 0 Å². The maximum absolute atomic E-state index is 12.3. The van der Waals surface area contributed by atoms with E-state index in [2.05, 4.69) is 4.72 Å². The number of rotatable bonds is 5. The van der Waals surface area contributed by atoms with Crippen molar-refractivity contribution in [1.29, 1.82) is 0 Å². The molecule has 0 atom stereocenters. The largest absolute Gasteiger partial charge is 0.294 e. The molecular weight excluding hydrogens is 294 g/mol. The van der Waals surface area contributed by atoms with E-state index in [1.807, 2.05) is 11.8 Å². The van der Waals surface area contributed by atoms with Gasteiger partial charge in [0.05, 0.1) is 4.90 Å². The van der Waals surface area contributed by atoms with E-state index >= 15 is 0 Å². The summed E-state index contributed by atoms with van der Waals surface area (Å²) in [6.07, 6.45) is 2.09.